The molecule has 3 heterocycles. The number of fused-ring (bicyclic) bond motifs is 3. The van der Waals surface area contributed by atoms with Crippen LogP contribution in [0.15, 0.2) is 29.4 Å². The number of thiazole rings is 1. The first-order valence-electron chi connectivity index (χ1n) is 10.6. The zero-order chi connectivity index (χ0) is 23.7. The van der Waals surface area contributed by atoms with Crippen LogP contribution in [0.4, 0.5) is 5.13 Å². The number of hydrogen-bond donors (Lipinski definition) is 1. The van der Waals surface area contributed by atoms with E-state index >= 15 is 0 Å². The van der Waals surface area contributed by atoms with Crippen molar-refractivity contribution in [2.45, 2.75) is 52.3 Å². The number of ether oxygens (including phenoxy) is 1. The van der Waals surface area contributed by atoms with Crippen LogP contribution in [0, 0.1) is 20.8 Å². The number of para-hydroxylation sites is 1. The van der Waals surface area contributed by atoms with E-state index in [-0.39, 0.29) is 18.4 Å². The Morgan fingerprint density at radius 2 is 1.97 bits per heavy atom. The molecule has 0 spiro atoms. The Kier molecular flexibility index (Phi) is 6.66. The molecule has 33 heavy (non-hydrogen) atoms. The van der Waals surface area contributed by atoms with Crippen molar-refractivity contribution in [1.82, 2.24) is 19.6 Å². The fraction of sp³-hybridized carbons (Fsp3) is 0.348. The second-order valence-electron chi connectivity index (χ2n) is 8.01. The maximum Gasteiger partial charge on any atom is 0.350 e. The molecule has 0 atom stereocenters. The Labute approximate surface area is 199 Å². The number of nitrogens with zero attached hydrogens (tertiary/aromatic N) is 4. The highest BCUT2D eigenvalue weighted by Gasteiger charge is 2.19. The number of aromatic nitrogens is 4. The lowest BCUT2D eigenvalue weighted by molar-refractivity contribution is -0.115. The summed E-state index contributed by atoms with van der Waals surface area (Å²) in [5.74, 6) is -0.0706. The number of carbonyl (C=O) groups excluding carboxylic acids is 2. The molecule has 4 rings (SSSR count). The summed E-state index contributed by atoms with van der Waals surface area (Å²) in [7, 11) is 0. The highest BCUT2D eigenvalue weighted by atomic mass is 32.2. The van der Waals surface area contributed by atoms with Gasteiger partial charge in [-0.2, -0.15) is 0 Å². The monoisotopic (exact) mass is 483 g/mol. The Morgan fingerprint density at radius 1 is 1.18 bits per heavy atom. The molecule has 1 amide bonds. The number of benzene rings is 1. The third kappa shape index (κ3) is 4.86. The van der Waals surface area contributed by atoms with Gasteiger partial charge in [0.1, 0.15) is 4.88 Å². The van der Waals surface area contributed by atoms with Crippen LogP contribution in [-0.2, 0) is 9.53 Å². The molecule has 0 radical (unpaired) electrons. The minimum Gasteiger partial charge on any atom is -0.459 e. The number of nitrogens with one attached hydrogen (secondary N) is 1. The molecule has 0 aliphatic carbocycles. The number of anilines is 1. The quantitative estimate of drug-likeness (QED) is 0.293. The van der Waals surface area contributed by atoms with Crippen LogP contribution in [0.5, 0.6) is 0 Å². The fourth-order valence-electron chi connectivity index (χ4n) is 3.55. The normalized spacial score (nSPS) is 11.5. The molecule has 0 fully saturated rings. The topological polar surface area (TPSA) is 98.5 Å². The average molecular weight is 484 g/mol. The molecule has 0 saturated carbocycles. The van der Waals surface area contributed by atoms with E-state index in [0.717, 1.165) is 44.2 Å². The number of carbonyl (C=O) groups is 2. The zero-order valence-corrected chi connectivity index (χ0v) is 20.8. The van der Waals surface area contributed by atoms with Crippen molar-refractivity contribution in [3.8, 4) is 0 Å². The predicted molar refractivity (Wildman–Crippen MR) is 131 cm³/mol. The van der Waals surface area contributed by atoms with Crippen LogP contribution < -0.4 is 5.32 Å². The van der Waals surface area contributed by atoms with Crippen molar-refractivity contribution < 1.29 is 14.3 Å². The second kappa shape index (κ2) is 9.48. The number of hydrogen-bond acceptors (Lipinski definition) is 8. The van der Waals surface area contributed by atoms with Crippen LogP contribution >= 0.6 is 23.1 Å². The maximum atomic E-state index is 12.5. The number of pyridine rings is 1. The number of aryl methyl sites for hydroxylation is 3. The third-order valence-electron chi connectivity index (χ3n) is 5.02. The standard InChI is InChI=1S/C23H25N5O3S2/c1-12(2)31-21(30)20-15(5)24-22(33-20)25-18(29)9-10-32-23-27-26-17-11-14(4)16-8-6-7-13(3)19(16)28(17)23/h6-8,11-12H,9-10H2,1-5H3,(H,24,25,29). The summed E-state index contributed by atoms with van der Waals surface area (Å²) < 4.78 is 7.28. The Bertz CT molecular complexity index is 1360. The molecule has 10 heteroatoms. The largest absolute Gasteiger partial charge is 0.459 e. The first-order valence-corrected chi connectivity index (χ1v) is 12.4. The summed E-state index contributed by atoms with van der Waals surface area (Å²) >= 11 is 2.61. The van der Waals surface area contributed by atoms with E-state index in [1.54, 1.807) is 20.8 Å². The maximum absolute atomic E-state index is 12.5. The van der Waals surface area contributed by atoms with Crippen molar-refractivity contribution in [3.05, 3.63) is 46.0 Å². The molecular weight excluding hydrogens is 458 g/mol. The number of thioether (sulfide) groups is 1. The Morgan fingerprint density at radius 3 is 2.73 bits per heavy atom. The van der Waals surface area contributed by atoms with Crippen molar-refractivity contribution >= 4 is 56.7 Å². The predicted octanol–water partition coefficient (Wildman–Crippen LogP) is 4.95. The van der Waals surface area contributed by atoms with Crippen molar-refractivity contribution in [2.24, 2.45) is 0 Å². The van der Waals surface area contributed by atoms with Gasteiger partial charge in [0, 0.05) is 17.6 Å². The van der Waals surface area contributed by atoms with E-state index in [0.29, 0.717) is 21.5 Å². The van der Waals surface area contributed by atoms with Crippen molar-refractivity contribution in [3.63, 3.8) is 0 Å². The highest BCUT2D eigenvalue weighted by molar-refractivity contribution is 7.99. The van der Waals surface area contributed by atoms with E-state index < -0.39 is 5.97 Å². The van der Waals surface area contributed by atoms with Crippen LogP contribution in [0.2, 0.25) is 0 Å². The van der Waals surface area contributed by atoms with Gasteiger partial charge in [-0.05, 0) is 51.8 Å². The van der Waals surface area contributed by atoms with Gasteiger partial charge in [0.25, 0.3) is 0 Å². The van der Waals surface area contributed by atoms with Crippen LogP contribution in [0.3, 0.4) is 0 Å². The zero-order valence-electron chi connectivity index (χ0n) is 19.1. The first-order chi connectivity index (χ1) is 15.7. The SMILES string of the molecule is Cc1nc(NC(=O)CCSc2nnc3cc(C)c4cccc(C)c4n23)sc1C(=O)OC(C)C. The van der Waals surface area contributed by atoms with Crippen LogP contribution in [0.25, 0.3) is 16.6 Å². The summed E-state index contributed by atoms with van der Waals surface area (Å²) in [6.45, 7) is 9.45. The molecule has 1 N–H and O–H groups in total. The van der Waals surface area contributed by atoms with Gasteiger partial charge in [-0.3, -0.25) is 9.20 Å². The minimum atomic E-state index is -0.424. The fourth-order valence-corrected chi connectivity index (χ4v) is 5.30. The van der Waals surface area contributed by atoms with Gasteiger partial charge in [-0.25, -0.2) is 9.78 Å². The Balaban J connectivity index is 1.43. The van der Waals surface area contributed by atoms with Gasteiger partial charge < -0.3 is 10.1 Å². The average Bonchev–Trinajstić information content (AvgIpc) is 3.31. The molecule has 0 aliphatic heterocycles. The van der Waals surface area contributed by atoms with E-state index in [4.69, 9.17) is 4.74 Å². The molecule has 172 valence electrons. The molecule has 3 aromatic heterocycles. The minimum absolute atomic E-state index is 0.175. The molecule has 8 nitrogen and oxygen atoms in total. The summed E-state index contributed by atoms with van der Waals surface area (Å²) in [5.41, 5.74) is 4.72. The van der Waals surface area contributed by atoms with Crippen LogP contribution in [0.1, 0.15) is 46.8 Å². The van der Waals surface area contributed by atoms with E-state index in [9.17, 15) is 9.59 Å². The third-order valence-corrected chi connectivity index (χ3v) is 7.01. The van der Waals surface area contributed by atoms with E-state index in [1.165, 1.54) is 11.8 Å². The molecule has 0 unspecified atom stereocenters. The first kappa shape index (κ1) is 23.2. The molecular formula is C23H25N5O3S2. The summed E-state index contributed by atoms with van der Waals surface area (Å²) in [6.07, 6.45) is 0.0550. The summed E-state index contributed by atoms with van der Waals surface area (Å²) in [4.78, 5) is 29.3. The molecule has 0 aliphatic rings. The summed E-state index contributed by atoms with van der Waals surface area (Å²) in [6, 6.07) is 8.25. The van der Waals surface area contributed by atoms with Crippen LogP contribution in [-0.4, -0.2) is 43.3 Å². The summed E-state index contributed by atoms with van der Waals surface area (Å²) in [5, 5.41) is 13.8. The van der Waals surface area contributed by atoms with Gasteiger partial charge in [0.15, 0.2) is 15.9 Å². The highest BCUT2D eigenvalue weighted by Crippen LogP contribution is 2.28. The van der Waals surface area contributed by atoms with Gasteiger partial charge in [-0.1, -0.05) is 41.3 Å². The molecule has 1 aromatic carbocycles. The number of esters is 1. The van der Waals surface area contributed by atoms with E-state index in [2.05, 4.69) is 50.9 Å². The van der Waals surface area contributed by atoms with Gasteiger partial charge in [-0.15, -0.1) is 10.2 Å². The lowest BCUT2D eigenvalue weighted by Crippen LogP contribution is -2.12. The van der Waals surface area contributed by atoms with Gasteiger partial charge in [0.2, 0.25) is 5.91 Å². The van der Waals surface area contributed by atoms with Crippen molar-refractivity contribution in [1.29, 1.82) is 0 Å². The second-order valence-corrected chi connectivity index (χ2v) is 10.1. The lowest BCUT2D eigenvalue weighted by atomic mass is 10.1. The van der Waals surface area contributed by atoms with E-state index in [1.807, 2.05) is 12.1 Å². The number of amides is 1. The Hall–Kier alpha value is -2.98. The van der Waals surface area contributed by atoms with Gasteiger partial charge >= 0.3 is 5.97 Å². The molecule has 0 saturated heterocycles. The molecule has 0 bridgehead atoms. The van der Waals surface area contributed by atoms with Gasteiger partial charge in [0.05, 0.1) is 17.3 Å². The van der Waals surface area contributed by atoms with Crippen molar-refractivity contribution in [2.75, 3.05) is 11.1 Å². The molecule has 4 aromatic rings. The smallest absolute Gasteiger partial charge is 0.350 e. The number of rotatable bonds is 7. The lowest BCUT2D eigenvalue weighted by Gasteiger charge is -2.10.